The molecule has 0 aliphatic heterocycles. The zero-order valence-electron chi connectivity index (χ0n) is 8.54. The van der Waals surface area contributed by atoms with Gasteiger partial charge in [-0.1, -0.05) is 23.7 Å². The summed E-state index contributed by atoms with van der Waals surface area (Å²) in [5, 5.41) is 0.721. The van der Waals surface area contributed by atoms with Crippen LogP contribution in [-0.4, -0.2) is 30.3 Å². The molecule has 0 saturated carbocycles. The van der Waals surface area contributed by atoms with Crippen molar-refractivity contribution in [3.8, 4) is 0 Å². The van der Waals surface area contributed by atoms with E-state index in [-0.39, 0.29) is 11.8 Å². The minimum absolute atomic E-state index is 0.0338. The Bertz CT molecular complexity index is 341. The second-order valence-corrected chi connectivity index (χ2v) is 4.03. The molecule has 0 bridgehead atoms. The van der Waals surface area contributed by atoms with Crippen LogP contribution in [0, 0.1) is 0 Å². The van der Waals surface area contributed by atoms with Gasteiger partial charge in [0, 0.05) is 18.6 Å². The van der Waals surface area contributed by atoms with Crippen LogP contribution in [0.2, 0.25) is 5.02 Å². The molecule has 0 N–H and O–H groups in total. The quantitative estimate of drug-likeness (QED) is 0.748. The van der Waals surface area contributed by atoms with Crippen molar-refractivity contribution in [2.24, 2.45) is 0 Å². The highest BCUT2D eigenvalue weighted by Crippen LogP contribution is 2.11. The first-order valence-electron chi connectivity index (χ1n) is 4.68. The van der Waals surface area contributed by atoms with E-state index in [0.717, 1.165) is 17.0 Å². The molecule has 0 saturated heterocycles. The summed E-state index contributed by atoms with van der Waals surface area (Å²) in [6.45, 7) is 0.659. The monoisotopic (exact) mass is 245 g/mol. The zero-order chi connectivity index (χ0) is 11.3. The molecule has 1 aromatic rings. The number of benzene rings is 1. The summed E-state index contributed by atoms with van der Waals surface area (Å²) in [5.74, 6) is -0.0230. The van der Waals surface area contributed by atoms with Crippen LogP contribution in [0.3, 0.4) is 0 Å². The van der Waals surface area contributed by atoms with Gasteiger partial charge < -0.3 is 4.90 Å². The molecule has 0 radical (unpaired) electrons. The van der Waals surface area contributed by atoms with E-state index in [4.69, 9.17) is 23.2 Å². The average Bonchev–Trinajstić information content (AvgIpc) is 2.25. The van der Waals surface area contributed by atoms with E-state index in [1.54, 1.807) is 11.9 Å². The topological polar surface area (TPSA) is 20.3 Å². The van der Waals surface area contributed by atoms with Crippen LogP contribution in [0.25, 0.3) is 0 Å². The van der Waals surface area contributed by atoms with Crippen molar-refractivity contribution in [1.29, 1.82) is 0 Å². The number of hydrogen-bond acceptors (Lipinski definition) is 1. The van der Waals surface area contributed by atoms with Crippen LogP contribution in [0.15, 0.2) is 24.3 Å². The second kappa shape index (κ2) is 5.99. The maximum absolute atomic E-state index is 11.2. The highest BCUT2D eigenvalue weighted by molar-refractivity contribution is 6.30. The molecule has 0 heterocycles. The number of rotatable bonds is 4. The number of alkyl halides is 1. The van der Waals surface area contributed by atoms with Crippen LogP contribution in [0.1, 0.15) is 5.56 Å². The fourth-order valence-electron chi connectivity index (χ4n) is 1.22. The standard InChI is InChI=1S/C11H13Cl2NO/c1-14(11(15)8-12)6-5-9-3-2-4-10(13)7-9/h2-4,7H,5-6,8H2,1H3. The molecule has 15 heavy (non-hydrogen) atoms. The zero-order valence-corrected chi connectivity index (χ0v) is 10.1. The Morgan fingerprint density at radius 3 is 2.80 bits per heavy atom. The maximum Gasteiger partial charge on any atom is 0.237 e. The predicted octanol–water partition coefficient (Wildman–Crippen LogP) is 2.58. The number of amides is 1. The highest BCUT2D eigenvalue weighted by atomic mass is 35.5. The molecule has 1 amide bonds. The van der Waals surface area contributed by atoms with Gasteiger partial charge in [-0.15, -0.1) is 11.6 Å². The van der Waals surface area contributed by atoms with Gasteiger partial charge in [0.05, 0.1) is 0 Å². The van der Waals surface area contributed by atoms with Crippen LogP contribution >= 0.6 is 23.2 Å². The third-order valence-electron chi connectivity index (χ3n) is 2.16. The molecule has 0 aromatic heterocycles. The molecule has 0 atom stereocenters. The Morgan fingerprint density at radius 1 is 1.47 bits per heavy atom. The van der Waals surface area contributed by atoms with Crippen LogP contribution in [-0.2, 0) is 11.2 Å². The van der Waals surface area contributed by atoms with E-state index in [9.17, 15) is 4.79 Å². The van der Waals surface area contributed by atoms with E-state index in [2.05, 4.69) is 0 Å². The van der Waals surface area contributed by atoms with Gasteiger partial charge in [0.25, 0.3) is 0 Å². The summed E-state index contributed by atoms with van der Waals surface area (Å²) >= 11 is 11.3. The van der Waals surface area contributed by atoms with Crippen LogP contribution < -0.4 is 0 Å². The normalized spacial score (nSPS) is 10.1. The summed E-state index contributed by atoms with van der Waals surface area (Å²) in [6.07, 6.45) is 0.791. The van der Waals surface area contributed by atoms with Crippen molar-refractivity contribution in [2.75, 3.05) is 19.5 Å². The lowest BCUT2D eigenvalue weighted by atomic mass is 10.1. The predicted molar refractivity (Wildman–Crippen MR) is 63.5 cm³/mol. The molecule has 0 aliphatic carbocycles. The largest absolute Gasteiger partial charge is 0.344 e. The van der Waals surface area contributed by atoms with E-state index >= 15 is 0 Å². The molecule has 4 heteroatoms. The van der Waals surface area contributed by atoms with Crippen molar-refractivity contribution in [3.63, 3.8) is 0 Å². The molecule has 2 nitrogen and oxygen atoms in total. The van der Waals surface area contributed by atoms with E-state index < -0.39 is 0 Å². The Balaban J connectivity index is 2.47. The minimum Gasteiger partial charge on any atom is -0.344 e. The van der Waals surface area contributed by atoms with Gasteiger partial charge in [-0.25, -0.2) is 0 Å². The number of nitrogens with zero attached hydrogens (tertiary/aromatic N) is 1. The summed E-state index contributed by atoms with van der Waals surface area (Å²) in [7, 11) is 1.75. The summed E-state index contributed by atoms with van der Waals surface area (Å²) in [6, 6.07) is 7.63. The summed E-state index contributed by atoms with van der Waals surface area (Å²) in [5.41, 5.74) is 1.12. The Labute approximate surface area is 99.8 Å². The van der Waals surface area contributed by atoms with E-state index in [1.165, 1.54) is 0 Å². The number of carbonyl (C=O) groups excluding carboxylic acids is 1. The first-order valence-corrected chi connectivity index (χ1v) is 5.59. The summed E-state index contributed by atoms with van der Waals surface area (Å²) < 4.78 is 0. The van der Waals surface area contributed by atoms with Gasteiger partial charge in [0.15, 0.2) is 0 Å². The lowest BCUT2D eigenvalue weighted by Gasteiger charge is -2.15. The maximum atomic E-state index is 11.2. The van der Waals surface area contributed by atoms with Crippen LogP contribution in [0.4, 0.5) is 0 Å². The second-order valence-electron chi connectivity index (χ2n) is 3.33. The van der Waals surface area contributed by atoms with Gasteiger partial charge >= 0.3 is 0 Å². The van der Waals surface area contributed by atoms with Crippen molar-refractivity contribution >= 4 is 29.1 Å². The molecule has 0 fully saturated rings. The first kappa shape index (κ1) is 12.3. The molecular formula is C11H13Cl2NO. The van der Waals surface area contributed by atoms with Gasteiger partial charge in [-0.2, -0.15) is 0 Å². The molecule has 0 spiro atoms. The van der Waals surface area contributed by atoms with Gasteiger partial charge in [0.1, 0.15) is 5.88 Å². The molecule has 82 valence electrons. The van der Waals surface area contributed by atoms with Crippen molar-refractivity contribution < 1.29 is 4.79 Å². The fourth-order valence-corrected chi connectivity index (χ4v) is 1.63. The number of hydrogen-bond donors (Lipinski definition) is 0. The third kappa shape index (κ3) is 4.10. The third-order valence-corrected chi connectivity index (χ3v) is 2.63. The van der Waals surface area contributed by atoms with Gasteiger partial charge in [-0.3, -0.25) is 4.79 Å². The minimum atomic E-state index is -0.0568. The van der Waals surface area contributed by atoms with E-state index in [1.807, 2.05) is 24.3 Å². The van der Waals surface area contributed by atoms with Crippen molar-refractivity contribution in [2.45, 2.75) is 6.42 Å². The Hall–Kier alpha value is -0.730. The number of halogens is 2. The Morgan fingerprint density at radius 2 is 2.20 bits per heavy atom. The number of carbonyl (C=O) groups is 1. The Kier molecular flexibility index (Phi) is 4.92. The van der Waals surface area contributed by atoms with Gasteiger partial charge in [-0.05, 0) is 24.1 Å². The molecule has 0 aliphatic rings. The molecule has 1 rings (SSSR count). The smallest absolute Gasteiger partial charge is 0.237 e. The van der Waals surface area contributed by atoms with Crippen molar-refractivity contribution in [1.82, 2.24) is 4.90 Å². The lowest BCUT2D eigenvalue weighted by Crippen LogP contribution is -2.29. The average molecular weight is 246 g/mol. The van der Waals surface area contributed by atoms with Crippen molar-refractivity contribution in [3.05, 3.63) is 34.9 Å². The van der Waals surface area contributed by atoms with Gasteiger partial charge in [0.2, 0.25) is 5.91 Å². The fraction of sp³-hybridized carbons (Fsp3) is 0.364. The lowest BCUT2D eigenvalue weighted by molar-refractivity contribution is -0.127. The molecular weight excluding hydrogens is 233 g/mol. The first-order chi connectivity index (χ1) is 7.13. The van der Waals surface area contributed by atoms with Crippen LogP contribution in [0.5, 0.6) is 0 Å². The van der Waals surface area contributed by atoms with E-state index in [0.29, 0.717) is 6.54 Å². The molecule has 1 aromatic carbocycles. The summed E-state index contributed by atoms with van der Waals surface area (Å²) in [4.78, 5) is 12.8. The highest BCUT2D eigenvalue weighted by Gasteiger charge is 2.06. The SMILES string of the molecule is CN(CCc1cccc(Cl)c1)C(=O)CCl. The molecule has 0 unspecified atom stereocenters. The number of likely N-dealkylation sites (N-methyl/N-ethyl adjacent to an activating group) is 1.